The van der Waals surface area contributed by atoms with Gasteiger partial charge in [-0.05, 0) is 60.1 Å². The molecular weight excluding hydrogens is 502 g/mol. The van der Waals surface area contributed by atoms with Crippen molar-refractivity contribution < 1.29 is 22.4 Å². The van der Waals surface area contributed by atoms with E-state index in [4.69, 9.17) is 9.15 Å². The van der Waals surface area contributed by atoms with E-state index in [-0.39, 0.29) is 28.6 Å². The van der Waals surface area contributed by atoms with E-state index in [9.17, 15) is 18.0 Å². The van der Waals surface area contributed by atoms with Crippen molar-refractivity contribution in [1.82, 2.24) is 9.13 Å². The summed E-state index contributed by atoms with van der Waals surface area (Å²) in [6.07, 6.45) is 0. The van der Waals surface area contributed by atoms with Gasteiger partial charge in [0.05, 0.1) is 28.2 Å². The Balaban J connectivity index is 1.76. The first-order valence-corrected chi connectivity index (χ1v) is 11.9. The number of hydrogen-bond donors (Lipinski definition) is 1. The number of nitrogens with zero attached hydrogens (tertiary/aromatic N) is 2. The molecule has 0 aliphatic rings. The van der Waals surface area contributed by atoms with Crippen LogP contribution in [0.5, 0.6) is 0 Å². The van der Waals surface area contributed by atoms with Crippen molar-refractivity contribution in [3.05, 3.63) is 56.6 Å². The number of aromatic nitrogens is 2. The molecule has 0 aliphatic carbocycles. The van der Waals surface area contributed by atoms with Gasteiger partial charge in [0.2, 0.25) is 5.76 Å². The molecule has 9 nitrogen and oxygen atoms in total. The normalized spacial score (nSPS) is 11.9. The molecule has 0 spiro atoms. The molecule has 0 saturated carbocycles. The lowest BCUT2D eigenvalue weighted by Crippen LogP contribution is -2.19. The second kappa shape index (κ2) is 7.82. The number of carbonyl (C=O) groups excluding carboxylic acids is 1. The number of fused-ring (bicyclic) bond motifs is 2. The molecule has 0 bridgehead atoms. The number of sulfonamides is 1. The van der Waals surface area contributed by atoms with E-state index in [2.05, 4.69) is 20.7 Å². The lowest BCUT2D eigenvalue weighted by atomic mass is 10.1. The lowest BCUT2D eigenvalue weighted by Gasteiger charge is -2.11. The maximum atomic E-state index is 13.1. The number of rotatable bonds is 5. The molecule has 0 radical (unpaired) electrons. The fourth-order valence-electron chi connectivity index (χ4n) is 3.56. The van der Waals surface area contributed by atoms with Gasteiger partial charge in [0, 0.05) is 29.5 Å². The molecule has 2 aromatic heterocycles. The first kappa shape index (κ1) is 22.2. The minimum atomic E-state index is -3.98. The summed E-state index contributed by atoms with van der Waals surface area (Å²) in [7, 11) is -0.717. The van der Waals surface area contributed by atoms with Crippen LogP contribution in [0.4, 0.5) is 5.69 Å². The maximum Gasteiger partial charge on any atom is 0.374 e. The average molecular weight is 522 g/mol. The molecule has 0 aliphatic heterocycles. The number of esters is 1. The van der Waals surface area contributed by atoms with Gasteiger partial charge in [0.1, 0.15) is 5.58 Å². The van der Waals surface area contributed by atoms with Gasteiger partial charge < -0.3 is 9.15 Å². The molecule has 11 heteroatoms. The molecule has 0 fully saturated rings. The quantitative estimate of drug-likeness (QED) is 0.401. The summed E-state index contributed by atoms with van der Waals surface area (Å²) < 4.78 is 42.8. The van der Waals surface area contributed by atoms with Crippen LogP contribution in [0.15, 0.2) is 48.9 Å². The van der Waals surface area contributed by atoms with Gasteiger partial charge in [-0.3, -0.25) is 13.9 Å². The molecule has 0 amide bonds. The Hall–Kier alpha value is -3.05. The van der Waals surface area contributed by atoms with E-state index in [0.717, 1.165) is 0 Å². The highest BCUT2D eigenvalue weighted by molar-refractivity contribution is 9.10. The van der Waals surface area contributed by atoms with Gasteiger partial charge in [0.25, 0.3) is 10.0 Å². The van der Waals surface area contributed by atoms with E-state index in [1.54, 1.807) is 40.1 Å². The standard InChI is InChI=1S/C21H20BrN3O6S/c1-5-30-20(26)19-11(2)13-8-12(6-7-18(13)31-19)32(28,29)23-15-10-17-16(9-14(15)22)24(3)21(27)25(17)4/h6-10,23H,5H2,1-4H3. The number of benzene rings is 2. The Kier molecular flexibility index (Phi) is 5.41. The third-order valence-electron chi connectivity index (χ3n) is 5.28. The molecule has 0 saturated heterocycles. The SMILES string of the molecule is CCOC(=O)c1oc2ccc(S(=O)(=O)Nc3cc4c(cc3Br)n(C)c(=O)n4C)cc2c1C. The van der Waals surface area contributed by atoms with Crippen LogP contribution in [0.25, 0.3) is 22.0 Å². The summed E-state index contributed by atoms with van der Waals surface area (Å²) in [6, 6.07) is 7.62. The van der Waals surface area contributed by atoms with Crippen LogP contribution < -0.4 is 10.4 Å². The summed E-state index contributed by atoms with van der Waals surface area (Å²) in [5, 5.41) is 0.496. The monoisotopic (exact) mass is 521 g/mol. The molecule has 4 aromatic rings. The smallest absolute Gasteiger partial charge is 0.374 e. The molecule has 168 valence electrons. The maximum absolute atomic E-state index is 13.1. The Morgan fingerprint density at radius 3 is 2.47 bits per heavy atom. The largest absolute Gasteiger partial charge is 0.460 e. The lowest BCUT2D eigenvalue weighted by molar-refractivity contribution is 0.0491. The summed E-state index contributed by atoms with van der Waals surface area (Å²) in [4.78, 5) is 24.3. The molecule has 4 rings (SSSR count). The van der Waals surface area contributed by atoms with Crippen LogP contribution in [0.3, 0.4) is 0 Å². The summed E-state index contributed by atoms with van der Waals surface area (Å²) in [5.74, 6) is -0.558. The van der Waals surface area contributed by atoms with E-state index >= 15 is 0 Å². The Morgan fingerprint density at radius 1 is 1.16 bits per heavy atom. The Bertz CT molecular complexity index is 1560. The number of halogens is 1. The fraction of sp³-hybridized carbons (Fsp3) is 0.238. The van der Waals surface area contributed by atoms with E-state index < -0.39 is 16.0 Å². The fourth-order valence-corrected chi connectivity index (χ4v) is 5.22. The van der Waals surface area contributed by atoms with Crippen LogP contribution in [0.1, 0.15) is 23.0 Å². The van der Waals surface area contributed by atoms with Gasteiger partial charge in [-0.15, -0.1) is 0 Å². The average Bonchev–Trinajstić information content (AvgIpc) is 3.18. The first-order chi connectivity index (χ1) is 15.0. The molecule has 0 atom stereocenters. The number of furan rings is 1. The van der Waals surface area contributed by atoms with Gasteiger partial charge in [-0.1, -0.05) is 0 Å². The summed E-state index contributed by atoms with van der Waals surface area (Å²) in [5.41, 5.74) is 2.19. The molecule has 2 aromatic carbocycles. The van der Waals surface area contributed by atoms with E-state index in [1.807, 2.05) is 0 Å². The van der Waals surface area contributed by atoms with Crippen molar-refractivity contribution in [1.29, 1.82) is 0 Å². The molecule has 1 N–H and O–H groups in total. The Morgan fingerprint density at radius 2 is 1.81 bits per heavy atom. The third-order valence-corrected chi connectivity index (χ3v) is 7.30. The van der Waals surface area contributed by atoms with E-state index in [0.29, 0.717) is 32.0 Å². The first-order valence-electron chi connectivity index (χ1n) is 9.63. The van der Waals surface area contributed by atoms with Crippen molar-refractivity contribution in [3.8, 4) is 0 Å². The zero-order chi connectivity index (χ0) is 23.4. The molecular formula is C21H20BrN3O6S. The topological polar surface area (TPSA) is 113 Å². The highest BCUT2D eigenvalue weighted by atomic mass is 79.9. The predicted octanol–water partition coefficient (Wildman–Crippen LogP) is 3.67. The minimum absolute atomic E-state index is 0.00161. The van der Waals surface area contributed by atoms with Crippen molar-refractivity contribution in [3.63, 3.8) is 0 Å². The number of aryl methyl sites for hydroxylation is 3. The number of anilines is 1. The summed E-state index contributed by atoms with van der Waals surface area (Å²) >= 11 is 3.38. The van der Waals surface area contributed by atoms with Crippen LogP contribution in [-0.4, -0.2) is 30.1 Å². The van der Waals surface area contributed by atoms with Crippen molar-refractivity contribution in [2.24, 2.45) is 14.1 Å². The van der Waals surface area contributed by atoms with Gasteiger partial charge in [0.15, 0.2) is 0 Å². The molecule has 2 heterocycles. The van der Waals surface area contributed by atoms with Gasteiger partial charge in [-0.25, -0.2) is 18.0 Å². The van der Waals surface area contributed by atoms with E-state index in [1.165, 1.54) is 27.3 Å². The predicted molar refractivity (Wildman–Crippen MR) is 124 cm³/mol. The Labute approximate surface area is 191 Å². The third kappa shape index (κ3) is 3.51. The molecule has 32 heavy (non-hydrogen) atoms. The number of imidazole rings is 1. The second-order valence-corrected chi connectivity index (χ2v) is 9.80. The number of nitrogens with one attached hydrogen (secondary N) is 1. The molecule has 0 unspecified atom stereocenters. The van der Waals surface area contributed by atoms with Crippen LogP contribution in [-0.2, 0) is 28.9 Å². The number of carbonyl (C=O) groups is 1. The van der Waals surface area contributed by atoms with Crippen LogP contribution in [0, 0.1) is 6.92 Å². The number of ether oxygens (including phenoxy) is 1. The second-order valence-electron chi connectivity index (χ2n) is 7.26. The van der Waals surface area contributed by atoms with Crippen molar-refractivity contribution in [2.45, 2.75) is 18.7 Å². The zero-order valence-corrected chi connectivity index (χ0v) is 20.1. The number of hydrogen-bond acceptors (Lipinski definition) is 6. The van der Waals surface area contributed by atoms with Crippen LogP contribution in [0.2, 0.25) is 0 Å². The zero-order valence-electron chi connectivity index (χ0n) is 17.7. The van der Waals surface area contributed by atoms with Crippen molar-refractivity contribution in [2.75, 3.05) is 11.3 Å². The highest BCUT2D eigenvalue weighted by Crippen LogP contribution is 2.32. The van der Waals surface area contributed by atoms with Crippen LogP contribution >= 0.6 is 15.9 Å². The summed E-state index contributed by atoms with van der Waals surface area (Å²) in [6.45, 7) is 3.56. The minimum Gasteiger partial charge on any atom is -0.460 e. The van der Waals surface area contributed by atoms with Gasteiger partial charge in [-0.2, -0.15) is 0 Å². The highest BCUT2D eigenvalue weighted by Gasteiger charge is 2.23. The van der Waals surface area contributed by atoms with Crippen molar-refractivity contribution >= 4 is 59.6 Å². The van der Waals surface area contributed by atoms with Gasteiger partial charge >= 0.3 is 11.7 Å².